The Balaban J connectivity index is 2.16. The zero-order valence-corrected chi connectivity index (χ0v) is 14.7. The first-order valence-electron chi connectivity index (χ1n) is 8.14. The largest absolute Gasteiger partial charge is 0.480 e. The molecule has 1 atom stereocenters. The number of carbonyl (C=O) groups is 3. The van der Waals surface area contributed by atoms with Gasteiger partial charge in [-0.05, 0) is 29.8 Å². The lowest BCUT2D eigenvalue weighted by Gasteiger charge is -2.17. The minimum absolute atomic E-state index is 0.0661. The van der Waals surface area contributed by atoms with Crippen molar-refractivity contribution >= 4 is 23.5 Å². The smallest absolute Gasteiger partial charge is 0.416 e. The van der Waals surface area contributed by atoms with Crippen LogP contribution in [-0.4, -0.2) is 28.9 Å². The number of rotatable bonds is 6. The van der Waals surface area contributed by atoms with Crippen LogP contribution in [0, 0.1) is 0 Å². The van der Waals surface area contributed by atoms with Crippen molar-refractivity contribution in [2.24, 2.45) is 0 Å². The zero-order valence-electron chi connectivity index (χ0n) is 14.7. The standard InChI is InChI=1S/C19H17F3N2O4/c1-11(25)23-15-5-3-2-4-14(15)17(26)24-16(18(27)28)10-12-6-8-13(9-7-12)19(20,21)22/h2-9,16H,10H2,1H3,(H,23,25)(H,24,26)(H,27,28)/t16-/m0/s1. The van der Waals surface area contributed by atoms with E-state index < -0.39 is 35.6 Å². The third kappa shape index (κ3) is 5.57. The van der Waals surface area contributed by atoms with Crippen LogP contribution in [0.15, 0.2) is 48.5 Å². The van der Waals surface area contributed by atoms with E-state index in [1.165, 1.54) is 19.1 Å². The zero-order chi connectivity index (χ0) is 20.9. The van der Waals surface area contributed by atoms with Crippen LogP contribution in [-0.2, 0) is 22.2 Å². The summed E-state index contributed by atoms with van der Waals surface area (Å²) in [7, 11) is 0. The summed E-state index contributed by atoms with van der Waals surface area (Å²) in [5.41, 5.74) is -0.255. The molecular formula is C19H17F3N2O4. The molecule has 2 amide bonds. The Bertz CT molecular complexity index is 879. The monoisotopic (exact) mass is 394 g/mol. The summed E-state index contributed by atoms with van der Waals surface area (Å²) in [4.78, 5) is 35.2. The van der Waals surface area contributed by atoms with E-state index in [4.69, 9.17) is 0 Å². The Hall–Kier alpha value is -3.36. The van der Waals surface area contributed by atoms with Gasteiger partial charge in [-0.1, -0.05) is 24.3 Å². The van der Waals surface area contributed by atoms with Gasteiger partial charge in [0, 0.05) is 13.3 Å². The minimum Gasteiger partial charge on any atom is -0.480 e. The SMILES string of the molecule is CC(=O)Nc1ccccc1C(=O)N[C@@H](Cc1ccc(C(F)(F)F)cc1)C(=O)O. The van der Waals surface area contributed by atoms with Gasteiger partial charge >= 0.3 is 12.1 Å². The van der Waals surface area contributed by atoms with E-state index in [0.29, 0.717) is 5.56 Å². The number of carbonyl (C=O) groups excluding carboxylic acids is 2. The molecule has 0 aliphatic rings. The molecule has 0 aliphatic carbocycles. The van der Waals surface area contributed by atoms with Gasteiger partial charge in [-0.25, -0.2) is 4.79 Å². The van der Waals surface area contributed by atoms with Gasteiger partial charge in [-0.3, -0.25) is 9.59 Å². The summed E-state index contributed by atoms with van der Waals surface area (Å²) in [6, 6.07) is 8.70. The van der Waals surface area contributed by atoms with Gasteiger partial charge in [0.25, 0.3) is 5.91 Å². The second-order valence-corrected chi connectivity index (χ2v) is 5.99. The number of carboxylic acids is 1. The van der Waals surface area contributed by atoms with Crippen LogP contribution in [0.1, 0.15) is 28.4 Å². The highest BCUT2D eigenvalue weighted by atomic mass is 19.4. The topological polar surface area (TPSA) is 95.5 Å². The quantitative estimate of drug-likeness (QED) is 0.702. The number of hydrogen-bond acceptors (Lipinski definition) is 3. The summed E-state index contributed by atoms with van der Waals surface area (Å²) < 4.78 is 37.9. The number of anilines is 1. The maximum atomic E-state index is 12.6. The molecule has 0 bridgehead atoms. The number of amides is 2. The van der Waals surface area contributed by atoms with Gasteiger partial charge in [0.1, 0.15) is 6.04 Å². The van der Waals surface area contributed by atoms with Crippen molar-refractivity contribution in [3.8, 4) is 0 Å². The van der Waals surface area contributed by atoms with Gasteiger partial charge in [0.05, 0.1) is 16.8 Å². The van der Waals surface area contributed by atoms with E-state index >= 15 is 0 Å². The highest BCUT2D eigenvalue weighted by Crippen LogP contribution is 2.29. The molecule has 0 heterocycles. The van der Waals surface area contributed by atoms with Crippen molar-refractivity contribution in [2.75, 3.05) is 5.32 Å². The molecule has 0 spiro atoms. The lowest BCUT2D eigenvalue weighted by Crippen LogP contribution is -2.42. The Morgan fingerprint density at radius 3 is 2.18 bits per heavy atom. The van der Waals surface area contributed by atoms with Gasteiger partial charge in [-0.15, -0.1) is 0 Å². The average Bonchev–Trinajstić information content (AvgIpc) is 2.60. The lowest BCUT2D eigenvalue weighted by molar-refractivity contribution is -0.139. The number of hydrogen-bond donors (Lipinski definition) is 3. The molecule has 2 aromatic carbocycles. The van der Waals surface area contributed by atoms with Crippen molar-refractivity contribution in [3.63, 3.8) is 0 Å². The number of alkyl halides is 3. The number of benzene rings is 2. The van der Waals surface area contributed by atoms with Gasteiger partial charge in [0.2, 0.25) is 5.91 Å². The fourth-order valence-corrected chi connectivity index (χ4v) is 2.48. The van der Waals surface area contributed by atoms with E-state index in [-0.39, 0.29) is 17.7 Å². The molecular weight excluding hydrogens is 377 g/mol. The Morgan fingerprint density at radius 1 is 1.04 bits per heavy atom. The van der Waals surface area contributed by atoms with Crippen molar-refractivity contribution in [3.05, 3.63) is 65.2 Å². The molecule has 0 radical (unpaired) electrons. The molecule has 0 saturated carbocycles. The predicted octanol–water partition coefficient (Wildman–Crippen LogP) is 3.09. The molecule has 28 heavy (non-hydrogen) atoms. The maximum absolute atomic E-state index is 12.6. The first-order chi connectivity index (χ1) is 13.1. The Kier molecular flexibility index (Phi) is 6.40. The van der Waals surface area contributed by atoms with Crippen molar-refractivity contribution < 1.29 is 32.7 Å². The van der Waals surface area contributed by atoms with E-state index in [1.807, 2.05) is 0 Å². The lowest BCUT2D eigenvalue weighted by atomic mass is 10.0. The summed E-state index contributed by atoms with van der Waals surface area (Å²) in [5, 5.41) is 14.2. The van der Waals surface area contributed by atoms with Crippen molar-refractivity contribution in [1.82, 2.24) is 5.32 Å². The molecule has 0 aromatic heterocycles. The minimum atomic E-state index is -4.49. The van der Waals surface area contributed by atoms with Crippen LogP contribution in [0.2, 0.25) is 0 Å². The highest BCUT2D eigenvalue weighted by Gasteiger charge is 2.30. The second-order valence-electron chi connectivity index (χ2n) is 5.99. The third-order valence-electron chi connectivity index (χ3n) is 3.81. The molecule has 6 nitrogen and oxygen atoms in total. The third-order valence-corrected chi connectivity index (χ3v) is 3.81. The number of aliphatic carboxylic acids is 1. The van der Waals surface area contributed by atoms with Crippen LogP contribution < -0.4 is 10.6 Å². The van der Waals surface area contributed by atoms with Crippen LogP contribution in [0.25, 0.3) is 0 Å². The maximum Gasteiger partial charge on any atom is 0.416 e. The van der Waals surface area contributed by atoms with Crippen molar-refractivity contribution in [2.45, 2.75) is 25.6 Å². The van der Waals surface area contributed by atoms with Crippen LogP contribution in [0.3, 0.4) is 0 Å². The molecule has 0 aliphatic heterocycles. The molecule has 0 fully saturated rings. The van der Waals surface area contributed by atoms with E-state index in [9.17, 15) is 32.7 Å². The predicted molar refractivity (Wildman–Crippen MR) is 94.8 cm³/mol. The van der Waals surface area contributed by atoms with E-state index in [2.05, 4.69) is 10.6 Å². The summed E-state index contributed by atoms with van der Waals surface area (Å²) >= 11 is 0. The molecule has 148 valence electrons. The summed E-state index contributed by atoms with van der Waals surface area (Å²) in [5.74, 6) is -2.48. The van der Waals surface area contributed by atoms with Crippen molar-refractivity contribution in [1.29, 1.82) is 0 Å². The molecule has 3 N–H and O–H groups in total. The van der Waals surface area contributed by atoms with Crippen LogP contribution in [0.5, 0.6) is 0 Å². The second kappa shape index (κ2) is 8.55. The van der Waals surface area contributed by atoms with E-state index in [1.54, 1.807) is 12.1 Å². The first kappa shape index (κ1) is 20.9. The molecule has 2 rings (SSSR count). The number of para-hydroxylation sites is 1. The fourth-order valence-electron chi connectivity index (χ4n) is 2.48. The normalized spacial score (nSPS) is 12.1. The highest BCUT2D eigenvalue weighted by molar-refractivity contribution is 6.04. The fraction of sp³-hybridized carbons (Fsp3) is 0.211. The van der Waals surface area contributed by atoms with E-state index in [0.717, 1.165) is 24.3 Å². The van der Waals surface area contributed by atoms with Gasteiger partial charge < -0.3 is 15.7 Å². The van der Waals surface area contributed by atoms with Crippen LogP contribution in [0.4, 0.5) is 18.9 Å². The van der Waals surface area contributed by atoms with Gasteiger partial charge in [-0.2, -0.15) is 13.2 Å². The number of nitrogens with one attached hydrogen (secondary N) is 2. The number of halogens is 3. The average molecular weight is 394 g/mol. The molecule has 2 aromatic rings. The Morgan fingerprint density at radius 2 is 1.64 bits per heavy atom. The van der Waals surface area contributed by atoms with Gasteiger partial charge in [0.15, 0.2) is 0 Å². The Labute approximate surface area is 158 Å². The molecule has 9 heteroatoms. The first-order valence-corrected chi connectivity index (χ1v) is 8.14. The number of carboxylic acid groups (broad SMARTS) is 1. The summed E-state index contributed by atoms with van der Waals surface area (Å²) in [6.45, 7) is 1.26. The molecule has 0 saturated heterocycles. The van der Waals surface area contributed by atoms with Crippen LogP contribution >= 0.6 is 0 Å². The summed E-state index contributed by atoms with van der Waals surface area (Å²) in [6.07, 6.45) is -4.70. The molecule has 0 unspecified atom stereocenters.